The molecule has 0 spiro atoms. The van der Waals surface area contributed by atoms with Crippen molar-refractivity contribution in [1.82, 2.24) is 0 Å². The number of thioether (sulfide) groups is 1. The predicted octanol–water partition coefficient (Wildman–Crippen LogP) is 8.08. The number of amides is 1. The molecule has 1 aliphatic rings. The van der Waals surface area contributed by atoms with Crippen LogP contribution in [0.3, 0.4) is 0 Å². The molecule has 0 aliphatic carbocycles. The van der Waals surface area contributed by atoms with E-state index in [-0.39, 0.29) is 24.2 Å². The summed E-state index contributed by atoms with van der Waals surface area (Å²) in [5.74, 6) is 4.95. The highest BCUT2D eigenvalue weighted by Gasteiger charge is 2.35. The van der Waals surface area contributed by atoms with Crippen LogP contribution in [0.15, 0.2) is 83.8 Å². The van der Waals surface area contributed by atoms with Crippen molar-refractivity contribution in [3.8, 4) is 40.7 Å². The molecule has 262 valence electrons. The molecule has 1 aliphatic heterocycles. The van der Waals surface area contributed by atoms with Crippen molar-refractivity contribution in [1.29, 1.82) is 0 Å². The Labute approximate surface area is 300 Å². The van der Waals surface area contributed by atoms with Crippen molar-refractivity contribution in [2.24, 2.45) is 0 Å². The smallest absolute Gasteiger partial charge is 0.424 e. The SMILES string of the molecule is COc1cc(C2CCC(c3cc(OC)c(OC)c(OC)c3)O2)cc(CC#C[N+](O)(O)C(=O)c2ccccc2)c1OCCSc1ccc(Cl)cc1. The number of methoxy groups -OCH3 is 4. The van der Waals surface area contributed by atoms with Crippen LogP contribution in [-0.2, 0) is 11.2 Å². The molecule has 1 amide bonds. The third kappa shape index (κ3) is 8.84. The second kappa shape index (κ2) is 17.0. The molecule has 12 heteroatoms. The van der Waals surface area contributed by atoms with Gasteiger partial charge < -0.3 is 28.4 Å². The average Bonchev–Trinajstić information content (AvgIpc) is 3.64. The zero-order valence-electron chi connectivity index (χ0n) is 28.2. The molecule has 5 rings (SSSR count). The number of benzene rings is 4. The fraction of sp³-hybridized carbons (Fsp3) is 0.289. The zero-order chi connectivity index (χ0) is 35.7. The van der Waals surface area contributed by atoms with E-state index in [0.29, 0.717) is 58.1 Å². The van der Waals surface area contributed by atoms with Crippen LogP contribution in [0.25, 0.3) is 0 Å². The van der Waals surface area contributed by atoms with E-state index in [0.717, 1.165) is 22.4 Å². The van der Waals surface area contributed by atoms with Gasteiger partial charge in [0.2, 0.25) is 11.8 Å². The van der Waals surface area contributed by atoms with Gasteiger partial charge in [0.25, 0.3) is 0 Å². The molecule has 1 heterocycles. The van der Waals surface area contributed by atoms with Crippen molar-refractivity contribution in [3.63, 3.8) is 0 Å². The number of quaternary nitrogens is 1. The van der Waals surface area contributed by atoms with Crippen LogP contribution in [0.1, 0.15) is 52.1 Å². The monoisotopic (exact) mass is 720 g/mol. The molecule has 4 aromatic carbocycles. The topological polar surface area (TPSA) is 113 Å². The van der Waals surface area contributed by atoms with Crippen molar-refractivity contribution in [2.75, 3.05) is 40.8 Å². The summed E-state index contributed by atoms with van der Waals surface area (Å²) in [6.07, 6.45) is 0.939. The first-order valence-corrected chi connectivity index (χ1v) is 17.2. The molecule has 2 N–H and O–H groups in total. The van der Waals surface area contributed by atoms with Gasteiger partial charge in [-0.05, 0) is 90.6 Å². The minimum atomic E-state index is -2.11. The number of nitrogens with zero attached hydrogens (tertiary/aromatic N) is 1. The third-order valence-corrected chi connectivity index (χ3v) is 9.28. The van der Waals surface area contributed by atoms with E-state index in [4.69, 9.17) is 40.0 Å². The molecule has 0 bridgehead atoms. The molecule has 10 nitrogen and oxygen atoms in total. The maximum atomic E-state index is 12.8. The Kier molecular flexibility index (Phi) is 12.5. The molecular formula is C38H39ClNO9S+. The van der Waals surface area contributed by atoms with Crippen LogP contribution in [0, 0.1) is 12.0 Å². The number of hydrogen-bond donors (Lipinski definition) is 2. The molecule has 0 radical (unpaired) electrons. The van der Waals surface area contributed by atoms with Crippen LogP contribution < -0.4 is 23.7 Å². The van der Waals surface area contributed by atoms with Gasteiger partial charge in [0.15, 0.2) is 23.0 Å². The highest BCUT2D eigenvalue weighted by molar-refractivity contribution is 7.99. The quantitative estimate of drug-likeness (QED) is 0.0351. The van der Waals surface area contributed by atoms with Crippen LogP contribution in [0.2, 0.25) is 5.02 Å². The molecule has 0 saturated carbocycles. The number of hydrogen-bond acceptors (Lipinski definition) is 10. The summed E-state index contributed by atoms with van der Waals surface area (Å²) in [5, 5.41) is 21.7. The van der Waals surface area contributed by atoms with Gasteiger partial charge in [-0.25, -0.2) is 4.79 Å². The Bertz CT molecular complexity index is 1820. The van der Waals surface area contributed by atoms with Crippen LogP contribution in [0.5, 0.6) is 28.7 Å². The van der Waals surface area contributed by atoms with Gasteiger partial charge in [0.05, 0.1) is 57.6 Å². The second-order valence-electron chi connectivity index (χ2n) is 11.2. The lowest BCUT2D eigenvalue weighted by Gasteiger charge is -2.20. The standard InChI is InChI=1S/C38H39ClNO9S/c1-44-33-22-27(31-16-17-32(49-31)28-23-34(45-2)37(47-4)35(24-28)46-3)21-26(36(33)48-19-20-50-30-14-12-29(39)13-15-30)11-8-18-40(42,43)38(41)25-9-6-5-7-10-25/h5-7,9-10,12-15,21-24,31-32,42-43H,11,16-17,19-20H2,1-4H3/q+1. The fourth-order valence-electron chi connectivity index (χ4n) is 5.62. The van der Waals surface area contributed by atoms with Gasteiger partial charge in [-0.2, -0.15) is 10.4 Å². The van der Waals surface area contributed by atoms with E-state index < -0.39 is 10.7 Å². The lowest BCUT2D eigenvalue weighted by Crippen LogP contribution is -2.42. The molecular weight excluding hydrogens is 682 g/mol. The Morgan fingerprint density at radius 3 is 2.00 bits per heavy atom. The lowest BCUT2D eigenvalue weighted by molar-refractivity contribution is -1.14. The summed E-state index contributed by atoms with van der Waals surface area (Å²) in [6.45, 7) is 0.346. The van der Waals surface area contributed by atoms with E-state index in [1.165, 1.54) is 12.1 Å². The summed E-state index contributed by atoms with van der Waals surface area (Å²) in [4.78, 5) is 11.7. The summed E-state index contributed by atoms with van der Waals surface area (Å²) in [5.41, 5.74) is 2.47. The summed E-state index contributed by atoms with van der Waals surface area (Å²) in [7, 11) is 6.26. The molecule has 50 heavy (non-hydrogen) atoms. The molecule has 1 fully saturated rings. The highest BCUT2D eigenvalue weighted by Crippen LogP contribution is 2.47. The summed E-state index contributed by atoms with van der Waals surface area (Å²) < 4.78 is 35.2. The number of carbonyl (C=O) groups excluding carboxylic acids is 1. The Hall–Kier alpha value is -4.41. The summed E-state index contributed by atoms with van der Waals surface area (Å²) >= 11 is 7.64. The molecule has 2 unspecified atom stereocenters. The first-order valence-electron chi connectivity index (χ1n) is 15.8. The number of ether oxygens (including phenoxy) is 6. The van der Waals surface area contributed by atoms with Gasteiger partial charge >= 0.3 is 5.91 Å². The minimum Gasteiger partial charge on any atom is -0.493 e. The number of hydroxylamine groups is 4. The van der Waals surface area contributed by atoms with E-state index >= 15 is 0 Å². The maximum Gasteiger partial charge on any atom is 0.424 e. The molecule has 0 aromatic heterocycles. The molecule has 4 aromatic rings. The predicted molar refractivity (Wildman–Crippen MR) is 189 cm³/mol. The van der Waals surface area contributed by atoms with E-state index in [9.17, 15) is 15.2 Å². The Balaban J connectivity index is 1.40. The first-order chi connectivity index (χ1) is 24.2. The zero-order valence-corrected chi connectivity index (χ0v) is 29.8. The van der Waals surface area contributed by atoms with E-state index in [1.807, 2.05) is 48.5 Å². The van der Waals surface area contributed by atoms with Crippen molar-refractivity contribution in [3.05, 3.63) is 106 Å². The number of halogens is 1. The Morgan fingerprint density at radius 2 is 1.42 bits per heavy atom. The second-order valence-corrected chi connectivity index (χ2v) is 12.9. The minimum absolute atomic E-state index is 0.0239. The van der Waals surface area contributed by atoms with Crippen LogP contribution in [0.4, 0.5) is 0 Å². The van der Waals surface area contributed by atoms with Gasteiger partial charge in [0, 0.05) is 27.7 Å². The van der Waals surface area contributed by atoms with Gasteiger partial charge in [0.1, 0.15) is 0 Å². The third-order valence-electron chi connectivity index (χ3n) is 8.05. The maximum absolute atomic E-state index is 12.8. The Morgan fingerprint density at radius 1 is 0.840 bits per heavy atom. The van der Waals surface area contributed by atoms with Crippen molar-refractivity contribution in [2.45, 2.75) is 36.4 Å². The van der Waals surface area contributed by atoms with E-state index in [2.05, 4.69) is 12.0 Å². The van der Waals surface area contributed by atoms with Crippen LogP contribution >= 0.6 is 23.4 Å². The molecule has 1 saturated heterocycles. The van der Waals surface area contributed by atoms with Gasteiger partial charge in [-0.1, -0.05) is 29.8 Å². The van der Waals surface area contributed by atoms with Crippen molar-refractivity contribution < 1.29 is 48.4 Å². The van der Waals surface area contributed by atoms with Crippen LogP contribution in [-0.4, -0.2) is 61.9 Å². The lowest BCUT2D eigenvalue weighted by atomic mass is 9.99. The van der Waals surface area contributed by atoms with E-state index in [1.54, 1.807) is 58.4 Å². The number of rotatable bonds is 13. The molecule has 2 atom stereocenters. The average molecular weight is 721 g/mol. The number of carbonyl (C=O) groups is 1. The van der Waals surface area contributed by atoms with Crippen molar-refractivity contribution >= 4 is 29.3 Å². The summed E-state index contributed by atoms with van der Waals surface area (Å²) in [6, 6.07) is 25.4. The fourth-order valence-corrected chi connectivity index (χ4v) is 6.48. The van der Waals surface area contributed by atoms with Gasteiger partial charge in [-0.3, -0.25) is 0 Å². The normalized spacial score (nSPS) is 15.5. The highest BCUT2D eigenvalue weighted by atomic mass is 35.5. The van der Waals surface area contributed by atoms with Gasteiger partial charge in [-0.15, -0.1) is 11.8 Å². The largest absolute Gasteiger partial charge is 0.493 e. The first kappa shape index (κ1) is 36.9.